The molecule has 122 valence electrons. The Labute approximate surface area is 140 Å². The molecule has 0 saturated carbocycles. The summed E-state index contributed by atoms with van der Waals surface area (Å²) in [5.74, 6) is 1.82. The molecule has 2 heterocycles. The number of nitrogens with two attached hydrogens (primary N) is 1. The van der Waals surface area contributed by atoms with Crippen molar-refractivity contribution in [1.82, 2.24) is 14.8 Å². The minimum Gasteiger partial charge on any atom is -0.497 e. The highest BCUT2D eigenvalue weighted by Crippen LogP contribution is 2.38. The van der Waals surface area contributed by atoms with E-state index in [2.05, 4.69) is 39.7 Å². The Morgan fingerprint density at radius 1 is 1.08 bits per heavy atom. The Morgan fingerprint density at radius 2 is 1.83 bits per heavy atom. The van der Waals surface area contributed by atoms with Gasteiger partial charge in [-0.25, -0.2) is 4.68 Å². The standard InChI is InChI=1S/C18H19N5O/c1-24-14-9-7-13(8-10-14)16-11-15(12-5-3-2-4-6-12)20-18-21-17(19)22-23(16)18/h2-10,15-16H,11H2,1H3,(H3,19,20,21,22)/t15-,16-/m1/s1. The highest BCUT2D eigenvalue weighted by Gasteiger charge is 2.30. The Hall–Kier alpha value is -3.02. The van der Waals surface area contributed by atoms with Crippen LogP contribution in [0.1, 0.15) is 29.6 Å². The van der Waals surface area contributed by atoms with E-state index in [-0.39, 0.29) is 18.0 Å². The van der Waals surface area contributed by atoms with Crippen molar-refractivity contribution in [2.24, 2.45) is 0 Å². The first-order chi connectivity index (χ1) is 11.7. The van der Waals surface area contributed by atoms with E-state index in [9.17, 15) is 0 Å². The average molecular weight is 321 g/mol. The molecule has 3 N–H and O–H groups in total. The summed E-state index contributed by atoms with van der Waals surface area (Å²) in [5.41, 5.74) is 8.21. The van der Waals surface area contributed by atoms with Crippen molar-refractivity contribution in [3.05, 3.63) is 65.7 Å². The molecule has 0 aliphatic carbocycles. The van der Waals surface area contributed by atoms with Gasteiger partial charge in [0.05, 0.1) is 19.2 Å². The van der Waals surface area contributed by atoms with Crippen LogP contribution < -0.4 is 15.8 Å². The summed E-state index contributed by atoms with van der Waals surface area (Å²) in [6.07, 6.45) is 0.867. The lowest BCUT2D eigenvalue weighted by Crippen LogP contribution is -2.28. The van der Waals surface area contributed by atoms with Gasteiger partial charge in [-0.1, -0.05) is 42.5 Å². The number of fused-ring (bicyclic) bond motifs is 1. The van der Waals surface area contributed by atoms with Gasteiger partial charge in [0, 0.05) is 0 Å². The third kappa shape index (κ3) is 2.56. The highest BCUT2D eigenvalue weighted by molar-refractivity contribution is 5.42. The normalized spacial score (nSPS) is 19.4. The van der Waals surface area contributed by atoms with E-state index in [0.717, 1.165) is 17.7 Å². The molecule has 0 unspecified atom stereocenters. The SMILES string of the molecule is COc1ccc([C@H]2C[C@H](c3ccccc3)Nc3nc(N)nn32)cc1. The fourth-order valence-corrected chi connectivity index (χ4v) is 3.20. The third-order valence-corrected chi connectivity index (χ3v) is 4.41. The second kappa shape index (κ2) is 5.88. The van der Waals surface area contributed by atoms with Gasteiger partial charge in [-0.05, 0) is 29.7 Å². The molecule has 0 amide bonds. The zero-order valence-corrected chi connectivity index (χ0v) is 13.4. The molecule has 2 atom stereocenters. The lowest BCUT2D eigenvalue weighted by molar-refractivity contribution is 0.411. The maximum Gasteiger partial charge on any atom is 0.241 e. The van der Waals surface area contributed by atoms with Crippen LogP contribution in [-0.2, 0) is 0 Å². The predicted molar refractivity (Wildman–Crippen MR) is 93.0 cm³/mol. The van der Waals surface area contributed by atoms with Crippen LogP contribution in [0.25, 0.3) is 0 Å². The van der Waals surface area contributed by atoms with Crippen molar-refractivity contribution >= 4 is 11.9 Å². The van der Waals surface area contributed by atoms with Crippen LogP contribution in [0.15, 0.2) is 54.6 Å². The smallest absolute Gasteiger partial charge is 0.241 e. The monoisotopic (exact) mass is 321 g/mol. The number of nitrogens with zero attached hydrogens (tertiary/aromatic N) is 3. The molecule has 0 fully saturated rings. The largest absolute Gasteiger partial charge is 0.497 e. The van der Waals surface area contributed by atoms with E-state index in [0.29, 0.717) is 5.95 Å². The van der Waals surface area contributed by atoms with Crippen molar-refractivity contribution in [3.8, 4) is 5.75 Å². The van der Waals surface area contributed by atoms with Crippen molar-refractivity contribution in [1.29, 1.82) is 0 Å². The molecular weight excluding hydrogens is 302 g/mol. The van der Waals surface area contributed by atoms with Crippen LogP contribution in [-0.4, -0.2) is 21.9 Å². The number of rotatable bonds is 3. The highest BCUT2D eigenvalue weighted by atomic mass is 16.5. The first-order valence-electron chi connectivity index (χ1n) is 7.92. The molecule has 0 spiro atoms. The van der Waals surface area contributed by atoms with Crippen LogP contribution in [0.2, 0.25) is 0 Å². The molecule has 3 aromatic rings. The minimum absolute atomic E-state index is 0.0714. The third-order valence-electron chi connectivity index (χ3n) is 4.41. The maximum atomic E-state index is 5.83. The van der Waals surface area contributed by atoms with Gasteiger partial charge in [0.25, 0.3) is 0 Å². The summed E-state index contributed by atoms with van der Waals surface area (Å²) in [6, 6.07) is 18.7. The van der Waals surface area contributed by atoms with Crippen molar-refractivity contribution in [3.63, 3.8) is 0 Å². The summed E-state index contributed by atoms with van der Waals surface area (Å²) in [4.78, 5) is 4.33. The predicted octanol–water partition coefficient (Wildman–Crippen LogP) is 3.02. The number of hydrogen-bond donors (Lipinski definition) is 2. The average Bonchev–Trinajstić information content (AvgIpc) is 3.02. The molecule has 0 radical (unpaired) electrons. The first-order valence-corrected chi connectivity index (χ1v) is 7.92. The molecule has 24 heavy (non-hydrogen) atoms. The van der Waals surface area contributed by atoms with Crippen LogP contribution in [0.3, 0.4) is 0 Å². The van der Waals surface area contributed by atoms with E-state index in [4.69, 9.17) is 10.5 Å². The van der Waals surface area contributed by atoms with Crippen LogP contribution in [0.4, 0.5) is 11.9 Å². The molecular formula is C18H19N5O. The molecule has 4 rings (SSSR count). The summed E-state index contributed by atoms with van der Waals surface area (Å²) in [7, 11) is 1.67. The minimum atomic E-state index is 0.0714. The quantitative estimate of drug-likeness (QED) is 0.775. The number of aromatic nitrogens is 3. The van der Waals surface area contributed by atoms with Gasteiger partial charge in [-0.2, -0.15) is 4.98 Å². The lowest BCUT2D eigenvalue weighted by atomic mass is 9.93. The number of benzene rings is 2. The van der Waals surface area contributed by atoms with Gasteiger partial charge in [-0.15, -0.1) is 5.10 Å². The topological polar surface area (TPSA) is 78.0 Å². The molecule has 0 saturated heterocycles. The lowest BCUT2D eigenvalue weighted by Gasteiger charge is -2.31. The molecule has 2 aromatic carbocycles. The van der Waals surface area contributed by atoms with Gasteiger partial charge < -0.3 is 15.8 Å². The summed E-state index contributed by atoms with van der Waals surface area (Å²) < 4.78 is 7.13. The number of nitrogen functional groups attached to an aromatic ring is 1. The van der Waals surface area contributed by atoms with Gasteiger partial charge in [-0.3, -0.25) is 0 Å². The van der Waals surface area contributed by atoms with Crippen LogP contribution in [0.5, 0.6) is 5.75 Å². The Balaban J connectivity index is 1.73. The second-order valence-electron chi connectivity index (χ2n) is 5.87. The van der Waals surface area contributed by atoms with E-state index < -0.39 is 0 Å². The molecule has 0 bridgehead atoms. The number of methoxy groups -OCH3 is 1. The molecule has 1 aliphatic rings. The van der Waals surface area contributed by atoms with E-state index in [1.165, 1.54) is 5.56 Å². The zero-order valence-electron chi connectivity index (χ0n) is 13.4. The zero-order chi connectivity index (χ0) is 16.5. The van der Waals surface area contributed by atoms with Crippen LogP contribution >= 0.6 is 0 Å². The van der Waals surface area contributed by atoms with Crippen molar-refractivity contribution < 1.29 is 4.74 Å². The summed E-state index contributed by atoms with van der Waals surface area (Å²) >= 11 is 0. The van der Waals surface area contributed by atoms with Gasteiger partial charge >= 0.3 is 0 Å². The summed E-state index contributed by atoms with van der Waals surface area (Å²) in [6.45, 7) is 0. The van der Waals surface area contributed by atoms with Crippen molar-refractivity contribution in [2.45, 2.75) is 18.5 Å². The number of hydrogen-bond acceptors (Lipinski definition) is 5. The first kappa shape index (κ1) is 14.6. The maximum absolute atomic E-state index is 5.83. The number of nitrogens with one attached hydrogen (secondary N) is 1. The Bertz CT molecular complexity index is 828. The fourth-order valence-electron chi connectivity index (χ4n) is 3.20. The van der Waals surface area contributed by atoms with E-state index in [1.54, 1.807) is 7.11 Å². The fraction of sp³-hybridized carbons (Fsp3) is 0.222. The number of anilines is 2. The van der Waals surface area contributed by atoms with Crippen LogP contribution in [0, 0.1) is 0 Å². The van der Waals surface area contributed by atoms with Gasteiger partial charge in [0.2, 0.25) is 11.9 Å². The second-order valence-corrected chi connectivity index (χ2v) is 5.87. The molecule has 6 nitrogen and oxygen atoms in total. The Morgan fingerprint density at radius 3 is 2.54 bits per heavy atom. The Kier molecular flexibility index (Phi) is 3.57. The van der Waals surface area contributed by atoms with Crippen molar-refractivity contribution in [2.75, 3.05) is 18.2 Å². The van der Waals surface area contributed by atoms with Gasteiger partial charge in [0.15, 0.2) is 0 Å². The van der Waals surface area contributed by atoms with E-state index >= 15 is 0 Å². The van der Waals surface area contributed by atoms with E-state index in [1.807, 2.05) is 35.0 Å². The van der Waals surface area contributed by atoms with Gasteiger partial charge in [0.1, 0.15) is 5.75 Å². The number of ether oxygens (including phenoxy) is 1. The molecule has 1 aliphatic heterocycles. The molecule has 6 heteroatoms. The molecule has 1 aromatic heterocycles. The summed E-state index contributed by atoms with van der Waals surface area (Å²) in [5, 5.41) is 7.81.